The van der Waals surface area contributed by atoms with Crippen molar-refractivity contribution in [3.8, 4) is 11.5 Å². The van der Waals surface area contributed by atoms with Crippen LogP contribution in [-0.2, 0) is 0 Å². The van der Waals surface area contributed by atoms with Gasteiger partial charge in [-0.25, -0.2) is 0 Å². The average molecular weight is 316 g/mol. The fraction of sp³-hybridized carbons (Fsp3) is 0.538. The minimum atomic E-state index is -0.501. The molecule has 2 atom stereocenters. The van der Waals surface area contributed by atoms with Gasteiger partial charge in [0.1, 0.15) is 0 Å². The van der Waals surface area contributed by atoms with Gasteiger partial charge >= 0.3 is 0 Å². The zero-order valence-corrected chi connectivity index (χ0v) is 12.1. The summed E-state index contributed by atoms with van der Waals surface area (Å²) in [6.07, 6.45) is 1.61. The molecule has 1 fully saturated rings. The lowest BCUT2D eigenvalue weighted by Gasteiger charge is -2.21. The van der Waals surface area contributed by atoms with Crippen LogP contribution in [0.1, 0.15) is 24.4 Å². The SMILES string of the molecule is COc1cc(Br)c([C@H](N)[C@H](O)C2CC2)cc1OC. The summed E-state index contributed by atoms with van der Waals surface area (Å²) >= 11 is 3.46. The van der Waals surface area contributed by atoms with Gasteiger partial charge in [-0.1, -0.05) is 15.9 Å². The first-order chi connectivity index (χ1) is 8.58. The molecule has 4 nitrogen and oxygen atoms in total. The first-order valence-electron chi connectivity index (χ1n) is 5.93. The maximum atomic E-state index is 10.1. The molecule has 1 aromatic rings. The zero-order chi connectivity index (χ0) is 13.3. The van der Waals surface area contributed by atoms with Crippen molar-refractivity contribution in [2.24, 2.45) is 11.7 Å². The summed E-state index contributed by atoms with van der Waals surface area (Å²) in [5.74, 6) is 1.59. The lowest BCUT2D eigenvalue weighted by Crippen LogP contribution is -2.28. The molecule has 100 valence electrons. The topological polar surface area (TPSA) is 64.7 Å². The maximum absolute atomic E-state index is 10.1. The summed E-state index contributed by atoms with van der Waals surface area (Å²) in [6, 6.07) is 3.22. The van der Waals surface area contributed by atoms with Crippen molar-refractivity contribution in [2.75, 3.05) is 14.2 Å². The number of hydrogen-bond acceptors (Lipinski definition) is 4. The predicted octanol–water partition coefficient (Wildman–Crippen LogP) is 2.24. The highest BCUT2D eigenvalue weighted by molar-refractivity contribution is 9.10. The Hall–Kier alpha value is -0.780. The lowest BCUT2D eigenvalue weighted by molar-refractivity contribution is 0.122. The number of halogens is 1. The van der Waals surface area contributed by atoms with Crippen molar-refractivity contribution in [3.63, 3.8) is 0 Å². The molecule has 0 radical (unpaired) electrons. The van der Waals surface area contributed by atoms with Gasteiger partial charge in [-0.3, -0.25) is 0 Å². The number of ether oxygens (including phenoxy) is 2. The van der Waals surface area contributed by atoms with Crippen LogP contribution in [0.15, 0.2) is 16.6 Å². The van der Waals surface area contributed by atoms with Crippen molar-refractivity contribution >= 4 is 15.9 Å². The highest BCUT2D eigenvalue weighted by Gasteiger charge is 2.35. The Kier molecular flexibility index (Phi) is 4.14. The van der Waals surface area contributed by atoms with E-state index in [0.717, 1.165) is 22.9 Å². The molecule has 1 aliphatic carbocycles. The third kappa shape index (κ3) is 2.63. The predicted molar refractivity (Wildman–Crippen MR) is 72.9 cm³/mol. The zero-order valence-electron chi connectivity index (χ0n) is 10.5. The summed E-state index contributed by atoms with van der Waals surface area (Å²) < 4.78 is 11.3. The smallest absolute Gasteiger partial charge is 0.161 e. The van der Waals surface area contributed by atoms with E-state index in [1.165, 1.54) is 0 Å². The van der Waals surface area contributed by atoms with Crippen molar-refractivity contribution in [1.29, 1.82) is 0 Å². The van der Waals surface area contributed by atoms with Gasteiger partial charge in [-0.05, 0) is 36.5 Å². The van der Waals surface area contributed by atoms with Crippen LogP contribution >= 0.6 is 15.9 Å². The summed E-state index contributed by atoms with van der Waals surface area (Å²) in [7, 11) is 3.17. The van der Waals surface area contributed by atoms with Gasteiger partial charge in [0.05, 0.1) is 26.4 Å². The largest absolute Gasteiger partial charge is 0.493 e. The van der Waals surface area contributed by atoms with Crippen molar-refractivity contribution < 1.29 is 14.6 Å². The molecular formula is C13H18BrNO3. The van der Waals surface area contributed by atoms with E-state index in [4.69, 9.17) is 15.2 Å². The number of aliphatic hydroxyl groups is 1. The second-order valence-corrected chi connectivity index (χ2v) is 5.44. The number of hydrogen-bond donors (Lipinski definition) is 2. The van der Waals surface area contributed by atoms with Crippen LogP contribution in [0.4, 0.5) is 0 Å². The average Bonchev–Trinajstić information content (AvgIpc) is 3.20. The van der Waals surface area contributed by atoms with E-state index >= 15 is 0 Å². The van der Waals surface area contributed by atoms with E-state index in [0.29, 0.717) is 17.4 Å². The molecule has 0 amide bonds. The van der Waals surface area contributed by atoms with Gasteiger partial charge in [0.25, 0.3) is 0 Å². The Balaban J connectivity index is 2.31. The molecule has 0 bridgehead atoms. The van der Waals surface area contributed by atoms with Crippen LogP contribution in [0.2, 0.25) is 0 Å². The monoisotopic (exact) mass is 315 g/mol. The summed E-state index contributed by atoms with van der Waals surface area (Å²) in [5, 5.41) is 10.1. The minimum absolute atomic E-state index is 0.333. The summed E-state index contributed by atoms with van der Waals surface area (Å²) in [4.78, 5) is 0. The Morgan fingerprint density at radius 1 is 1.28 bits per heavy atom. The van der Waals surface area contributed by atoms with Crippen LogP contribution in [0.3, 0.4) is 0 Å². The van der Waals surface area contributed by atoms with Gasteiger partial charge in [-0.2, -0.15) is 0 Å². The molecule has 0 unspecified atom stereocenters. The van der Waals surface area contributed by atoms with Crippen LogP contribution in [0.5, 0.6) is 11.5 Å². The first kappa shape index (κ1) is 13.6. The maximum Gasteiger partial charge on any atom is 0.161 e. The Labute approximate surface area is 115 Å². The Morgan fingerprint density at radius 2 is 1.83 bits per heavy atom. The second kappa shape index (κ2) is 5.47. The van der Waals surface area contributed by atoms with Gasteiger partial charge in [0.2, 0.25) is 0 Å². The number of benzene rings is 1. The molecular weight excluding hydrogens is 298 g/mol. The normalized spacial score (nSPS) is 18.3. The second-order valence-electron chi connectivity index (χ2n) is 4.58. The van der Waals surface area contributed by atoms with E-state index < -0.39 is 12.1 Å². The van der Waals surface area contributed by atoms with Gasteiger partial charge in [0, 0.05) is 4.47 Å². The van der Waals surface area contributed by atoms with Crippen molar-refractivity contribution in [1.82, 2.24) is 0 Å². The highest BCUT2D eigenvalue weighted by Crippen LogP contribution is 2.41. The number of rotatable bonds is 5. The van der Waals surface area contributed by atoms with Crippen molar-refractivity contribution in [2.45, 2.75) is 25.0 Å². The molecule has 18 heavy (non-hydrogen) atoms. The molecule has 0 aromatic heterocycles. The van der Waals surface area contributed by atoms with Crippen LogP contribution < -0.4 is 15.2 Å². The molecule has 1 saturated carbocycles. The first-order valence-corrected chi connectivity index (χ1v) is 6.72. The molecule has 5 heteroatoms. The Bertz CT molecular complexity index is 434. The molecule has 0 saturated heterocycles. The fourth-order valence-electron chi connectivity index (χ4n) is 2.04. The van der Waals surface area contributed by atoms with Gasteiger partial charge < -0.3 is 20.3 Å². The van der Waals surface area contributed by atoms with E-state index in [1.807, 2.05) is 12.1 Å². The summed E-state index contributed by atoms with van der Waals surface area (Å²) in [5.41, 5.74) is 6.96. The van der Waals surface area contributed by atoms with Crippen LogP contribution in [0, 0.1) is 5.92 Å². The van der Waals surface area contributed by atoms with Crippen molar-refractivity contribution in [3.05, 3.63) is 22.2 Å². The molecule has 2 rings (SSSR count). The highest BCUT2D eigenvalue weighted by atomic mass is 79.9. The van der Waals surface area contributed by atoms with Gasteiger partial charge in [-0.15, -0.1) is 0 Å². The molecule has 1 aromatic carbocycles. The molecule has 3 N–H and O–H groups in total. The molecule has 0 aliphatic heterocycles. The van der Waals surface area contributed by atoms with E-state index in [1.54, 1.807) is 14.2 Å². The molecule has 0 heterocycles. The standard InChI is InChI=1S/C13H18BrNO3/c1-17-10-5-8(9(14)6-11(10)18-2)12(15)13(16)7-3-4-7/h5-7,12-13,16H,3-4,15H2,1-2H3/t12-,13+/m0/s1. The quantitative estimate of drug-likeness (QED) is 0.874. The Morgan fingerprint density at radius 3 is 2.33 bits per heavy atom. The number of aliphatic hydroxyl groups excluding tert-OH is 1. The number of methoxy groups -OCH3 is 2. The molecule has 1 aliphatic rings. The third-order valence-electron chi connectivity index (χ3n) is 3.33. The van der Waals surface area contributed by atoms with E-state index in [2.05, 4.69) is 15.9 Å². The minimum Gasteiger partial charge on any atom is -0.493 e. The number of nitrogens with two attached hydrogens (primary N) is 1. The van der Waals surface area contributed by atoms with E-state index in [9.17, 15) is 5.11 Å². The molecule has 0 spiro atoms. The van der Waals surface area contributed by atoms with E-state index in [-0.39, 0.29) is 0 Å². The third-order valence-corrected chi connectivity index (χ3v) is 4.02. The fourth-order valence-corrected chi connectivity index (χ4v) is 2.63. The van der Waals surface area contributed by atoms with Gasteiger partial charge in [0.15, 0.2) is 11.5 Å². The van der Waals surface area contributed by atoms with Crippen LogP contribution in [-0.4, -0.2) is 25.4 Å². The van der Waals surface area contributed by atoms with Crippen LogP contribution in [0.25, 0.3) is 0 Å². The lowest BCUT2D eigenvalue weighted by atomic mass is 9.98. The summed E-state index contributed by atoms with van der Waals surface area (Å²) in [6.45, 7) is 0.